The largest absolute Gasteiger partial charge is 0.460 e. The van der Waals surface area contributed by atoms with Gasteiger partial charge in [-0.25, -0.2) is 10.1 Å². The second-order valence-corrected chi connectivity index (χ2v) is 7.51. The first-order valence-corrected chi connectivity index (χ1v) is 10.1. The van der Waals surface area contributed by atoms with Gasteiger partial charge in [-0.05, 0) is 61.7 Å². The van der Waals surface area contributed by atoms with Crippen LogP contribution in [0.3, 0.4) is 0 Å². The number of hydrogen-bond acceptors (Lipinski definition) is 4. The molecule has 0 bridgehead atoms. The van der Waals surface area contributed by atoms with Crippen molar-refractivity contribution in [1.82, 2.24) is 15.2 Å². The molecular formula is C25H24N4O2. The summed E-state index contributed by atoms with van der Waals surface area (Å²) in [7, 11) is 0. The molecule has 2 heterocycles. The van der Waals surface area contributed by atoms with E-state index in [-0.39, 0.29) is 12.3 Å². The molecule has 0 saturated carbocycles. The van der Waals surface area contributed by atoms with E-state index in [1.54, 1.807) is 10.9 Å². The van der Waals surface area contributed by atoms with Crippen molar-refractivity contribution in [2.75, 3.05) is 0 Å². The zero-order valence-electron chi connectivity index (χ0n) is 17.8. The highest BCUT2D eigenvalue weighted by Gasteiger charge is 2.14. The van der Waals surface area contributed by atoms with E-state index >= 15 is 0 Å². The van der Waals surface area contributed by atoms with Crippen molar-refractivity contribution in [3.63, 3.8) is 0 Å². The molecule has 4 aromatic rings. The molecule has 0 aliphatic carbocycles. The number of amides is 1. The van der Waals surface area contributed by atoms with Crippen molar-refractivity contribution in [1.29, 1.82) is 0 Å². The number of carbonyl (C=O) groups excluding carboxylic acids is 1. The van der Waals surface area contributed by atoms with Crippen LogP contribution in [0.1, 0.15) is 28.0 Å². The number of benzene rings is 2. The van der Waals surface area contributed by atoms with Crippen molar-refractivity contribution < 1.29 is 9.21 Å². The van der Waals surface area contributed by atoms with Crippen LogP contribution in [0.5, 0.6) is 0 Å². The average molecular weight is 412 g/mol. The lowest BCUT2D eigenvalue weighted by molar-refractivity contribution is -0.120. The molecule has 156 valence electrons. The van der Waals surface area contributed by atoms with Crippen molar-refractivity contribution >= 4 is 12.1 Å². The third-order valence-electron chi connectivity index (χ3n) is 5.07. The predicted molar refractivity (Wildman–Crippen MR) is 121 cm³/mol. The molecule has 0 saturated heterocycles. The summed E-state index contributed by atoms with van der Waals surface area (Å²) < 4.78 is 7.53. The van der Waals surface area contributed by atoms with Crippen LogP contribution in [0.2, 0.25) is 0 Å². The van der Waals surface area contributed by atoms with Gasteiger partial charge >= 0.3 is 0 Å². The minimum atomic E-state index is -0.176. The van der Waals surface area contributed by atoms with Crippen LogP contribution in [-0.4, -0.2) is 21.9 Å². The van der Waals surface area contributed by atoms with Crippen LogP contribution >= 0.6 is 0 Å². The third kappa shape index (κ3) is 4.80. The first-order chi connectivity index (χ1) is 15.0. The summed E-state index contributed by atoms with van der Waals surface area (Å²) in [6.45, 7) is 5.98. The lowest BCUT2D eigenvalue weighted by atomic mass is 10.0. The van der Waals surface area contributed by atoms with Gasteiger partial charge in [-0.3, -0.25) is 4.79 Å². The van der Waals surface area contributed by atoms with Gasteiger partial charge in [0.25, 0.3) is 0 Å². The Morgan fingerprint density at radius 2 is 1.87 bits per heavy atom. The van der Waals surface area contributed by atoms with Crippen LogP contribution in [0.15, 0.2) is 76.4 Å². The summed E-state index contributed by atoms with van der Waals surface area (Å²) in [6, 6.07) is 19.6. The molecule has 0 atom stereocenters. The number of aryl methyl sites for hydroxylation is 3. The molecule has 0 aliphatic rings. The number of hydrogen-bond donors (Lipinski definition) is 1. The van der Waals surface area contributed by atoms with Gasteiger partial charge in [0.05, 0.1) is 18.3 Å². The maximum Gasteiger partial charge on any atom is 0.244 e. The van der Waals surface area contributed by atoms with Gasteiger partial charge in [0.15, 0.2) is 5.76 Å². The number of nitrogens with zero attached hydrogens (tertiary/aromatic N) is 3. The topological polar surface area (TPSA) is 72.4 Å². The first kappa shape index (κ1) is 20.3. The van der Waals surface area contributed by atoms with Crippen LogP contribution in [0, 0.1) is 20.8 Å². The number of aromatic nitrogens is 2. The number of para-hydroxylation sites is 1. The summed E-state index contributed by atoms with van der Waals surface area (Å²) in [4.78, 5) is 12.3. The first-order valence-electron chi connectivity index (χ1n) is 10.1. The number of nitrogens with one attached hydrogen (secondary N) is 1. The molecule has 6 heteroatoms. The fourth-order valence-corrected chi connectivity index (χ4v) is 3.26. The highest BCUT2D eigenvalue weighted by Crippen LogP contribution is 2.24. The van der Waals surface area contributed by atoms with Crippen molar-refractivity contribution in [3.8, 4) is 17.1 Å². The Morgan fingerprint density at radius 1 is 1.06 bits per heavy atom. The quantitative estimate of drug-likeness (QED) is 0.367. The van der Waals surface area contributed by atoms with Crippen molar-refractivity contribution in [2.45, 2.75) is 27.2 Å². The fraction of sp³-hybridized carbons (Fsp3) is 0.160. The number of furan rings is 1. The normalized spacial score (nSPS) is 11.2. The average Bonchev–Trinajstić information content (AvgIpc) is 3.38. The van der Waals surface area contributed by atoms with E-state index in [0.717, 1.165) is 22.6 Å². The fourth-order valence-electron chi connectivity index (χ4n) is 3.26. The van der Waals surface area contributed by atoms with Gasteiger partial charge in [-0.1, -0.05) is 36.4 Å². The third-order valence-corrected chi connectivity index (χ3v) is 5.07. The molecule has 0 fully saturated rings. The molecular weight excluding hydrogens is 388 g/mol. The Hall–Kier alpha value is -3.93. The van der Waals surface area contributed by atoms with E-state index in [9.17, 15) is 4.79 Å². The van der Waals surface area contributed by atoms with Gasteiger partial charge in [-0.15, -0.1) is 0 Å². The van der Waals surface area contributed by atoms with Crippen molar-refractivity contribution in [3.05, 3.63) is 94.9 Å². The Labute approximate surface area is 181 Å². The predicted octanol–water partition coefficient (Wildman–Crippen LogP) is 4.75. The zero-order chi connectivity index (χ0) is 21.8. The summed E-state index contributed by atoms with van der Waals surface area (Å²) >= 11 is 0. The molecule has 2 aromatic heterocycles. The lowest BCUT2D eigenvalue weighted by Gasteiger charge is -2.04. The van der Waals surface area contributed by atoms with E-state index in [1.807, 2.05) is 80.7 Å². The molecule has 1 amide bonds. The van der Waals surface area contributed by atoms with Gasteiger partial charge in [0.1, 0.15) is 11.5 Å². The highest BCUT2D eigenvalue weighted by atomic mass is 16.3. The Balaban J connectivity index is 1.53. The maximum atomic E-state index is 12.3. The Kier molecular flexibility index (Phi) is 5.80. The minimum Gasteiger partial charge on any atom is -0.460 e. The molecule has 1 N–H and O–H groups in total. The van der Waals surface area contributed by atoms with Crippen LogP contribution in [0.25, 0.3) is 17.1 Å². The number of hydrazone groups is 1. The molecule has 2 aromatic carbocycles. The summed E-state index contributed by atoms with van der Waals surface area (Å²) in [5, 5.41) is 8.82. The number of carbonyl (C=O) groups is 1. The smallest absolute Gasteiger partial charge is 0.244 e. The second kappa shape index (κ2) is 8.83. The Morgan fingerprint density at radius 3 is 2.58 bits per heavy atom. The van der Waals surface area contributed by atoms with Crippen LogP contribution < -0.4 is 5.43 Å². The van der Waals surface area contributed by atoms with E-state index in [1.165, 1.54) is 11.1 Å². The molecule has 6 nitrogen and oxygen atoms in total. The monoisotopic (exact) mass is 412 g/mol. The lowest BCUT2D eigenvalue weighted by Crippen LogP contribution is -2.19. The molecule has 4 rings (SSSR count). The molecule has 0 radical (unpaired) electrons. The summed E-state index contributed by atoms with van der Waals surface area (Å²) in [6.07, 6.45) is 3.73. The standard InChI is InChI=1S/C25H24N4O2/c1-17-9-11-20(13-18(17)2)14-24(30)27-26-15-21-16-29(22-7-5-4-6-8-22)28-25(21)23-12-10-19(3)31-23/h4-13,15-16H,14H2,1-3H3,(H,27,30)/b26-15-. The zero-order valence-corrected chi connectivity index (χ0v) is 17.8. The van der Waals surface area contributed by atoms with E-state index < -0.39 is 0 Å². The van der Waals surface area contributed by atoms with Crippen LogP contribution in [0.4, 0.5) is 0 Å². The summed E-state index contributed by atoms with van der Waals surface area (Å²) in [5.74, 6) is 1.27. The van der Waals surface area contributed by atoms with E-state index in [2.05, 4.69) is 22.5 Å². The molecule has 0 spiro atoms. The maximum absolute atomic E-state index is 12.3. The van der Waals surface area contributed by atoms with Crippen LogP contribution in [-0.2, 0) is 11.2 Å². The second-order valence-electron chi connectivity index (χ2n) is 7.51. The van der Waals surface area contributed by atoms with E-state index in [0.29, 0.717) is 11.5 Å². The van der Waals surface area contributed by atoms with Gasteiger partial charge in [-0.2, -0.15) is 10.2 Å². The number of rotatable bonds is 6. The SMILES string of the molecule is Cc1ccc(-c2nn(-c3ccccc3)cc2/C=N\NC(=O)Cc2ccc(C)c(C)c2)o1. The van der Waals surface area contributed by atoms with Crippen molar-refractivity contribution in [2.24, 2.45) is 5.10 Å². The van der Waals surface area contributed by atoms with E-state index in [4.69, 9.17) is 4.42 Å². The van der Waals surface area contributed by atoms with Gasteiger partial charge < -0.3 is 4.42 Å². The summed E-state index contributed by atoms with van der Waals surface area (Å²) in [5.41, 5.74) is 8.26. The Bertz CT molecular complexity index is 1240. The molecule has 0 aliphatic heterocycles. The highest BCUT2D eigenvalue weighted by molar-refractivity contribution is 5.89. The van der Waals surface area contributed by atoms with Gasteiger partial charge in [0, 0.05) is 11.8 Å². The minimum absolute atomic E-state index is 0.176. The molecule has 0 unspecified atom stereocenters. The molecule has 31 heavy (non-hydrogen) atoms. The van der Waals surface area contributed by atoms with Gasteiger partial charge in [0.2, 0.25) is 5.91 Å².